The van der Waals surface area contributed by atoms with Crippen LogP contribution in [0.1, 0.15) is 32.1 Å². The van der Waals surface area contributed by atoms with Gasteiger partial charge in [-0.05, 0) is 32.2 Å². The topological polar surface area (TPSA) is 82.1 Å². The predicted octanol–water partition coefficient (Wildman–Crippen LogP) is -0.222. The van der Waals surface area contributed by atoms with Crippen molar-refractivity contribution in [1.82, 2.24) is 13.9 Å². The standard InChI is InChI=1S/C14H29N3O4S/c1-21-14-5-9-17(10-6-14)22(19,20)15-7-11-16-8-3-2-4-13(16)12-18/h13-15,18H,2-12H2,1H3/t13-/m1/s1. The molecule has 0 bridgehead atoms. The minimum atomic E-state index is -3.40. The highest BCUT2D eigenvalue weighted by Crippen LogP contribution is 2.17. The van der Waals surface area contributed by atoms with Gasteiger partial charge in [-0.3, -0.25) is 4.90 Å². The molecule has 2 saturated heterocycles. The van der Waals surface area contributed by atoms with Gasteiger partial charge in [0, 0.05) is 39.3 Å². The first-order chi connectivity index (χ1) is 10.6. The summed E-state index contributed by atoms with van der Waals surface area (Å²) in [6, 6.07) is 0.177. The Morgan fingerprint density at radius 1 is 1.18 bits per heavy atom. The molecule has 8 heteroatoms. The number of piperidine rings is 2. The van der Waals surface area contributed by atoms with Crippen molar-refractivity contribution in [1.29, 1.82) is 0 Å². The van der Waals surface area contributed by atoms with E-state index in [1.165, 1.54) is 4.31 Å². The molecular formula is C14H29N3O4S. The zero-order valence-corrected chi connectivity index (χ0v) is 14.2. The summed E-state index contributed by atoms with van der Waals surface area (Å²) in [7, 11) is -1.73. The number of hydrogen-bond donors (Lipinski definition) is 2. The Labute approximate surface area is 133 Å². The average Bonchev–Trinajstić information content (AvgIpc) is 2.55. The fourth-order valence-corrected chi connectivity index (χ4v) is 4.50. The van der Waals surface area contributed by atoms with Gasteiger partial charge in [-0.25, -0.2) is 4.72 Å². The lowest BCUT2D eigenvalue weighted by Gasteiger charge is -2.35. The molecule has 2 rings (SSSR count). The van der Waals surface area contributed by atoms with Crippen molar-refractivity contribution in [2.24, 2.45) is 0 Å². The maximum absolute atomic E-state index is 12.3. The highest BCUT2D eigenvalue weighted by molar-refractivity contribution is 7.87. The quantitative estimate of drug-likeness (QED) is 0.672. The van der Waals surface area contributed by atoms with Crippen LogP contribution < -0.4 is 4.72 Å². The van der Waals surface area contributed by atoms with Gasteiger partial charge >= 0.3 is 0 Å². The van der Waals surface area contributed by atoms with Gasteiger partial charge in [0.25, 0.3) is 10.2 Å². The van der Waals surface area contributed by atoms with E-state index < -0.39 is 10.2 Å². The molecule has 0 aromatic carbocycles. The SMILES string of the molecule is COC1CCN(S(=O)(=O)NCCN2CCCC[C@@H]2CO)CC1. The third-order valence-electron chi connectivity index (χ3n) is 4.72. The van der Waals surface area contributed by atoms with Gasteiger partial charge in [-0.2, -0.15) is 12.7 Å². The number of aliphatic hydroxyl groups excluding tert-OH is 1. The molecule has 7 nitrogen and oxygen atoms in total. The van der Waals surface area contributed by atoms with E-state index in [1.807, 2.05) is 0 Å². The molecule has 0 spiro atoms. The van der Waals surface area contributed by atoms with Crippen molar-refractivity contribution in [3.8, 4) is 0 Å². The molecule has 0 aromatic heterocycles. The molecule has 2 heterocycles. The van der Waals surface area contributed by atoms with Gasteiger partial charge < -0.3 is 9.84 Å². The van der Waals surface area contributed by atoms with E-state index in [4.69, 9.17) is 4.74 Å². The molecule has 130 valence electrons. The fourth-order valence-electron chi connectivity index (χ4n) is 3.28. The second-order valence-electron chi connectivity index (χ2n) is 6.10. The number of aliphatic hydroxyl groups is 1. The predicted molar refractivity (Wildman–Crippen MR) is 84.8 cm³/mol. The number of nitrogens with one attached hydrogen (secondary N) is 1. The second kappa shape index (κ2) is 8.56. The van der Waals surface area contributed by atoms with E-state index in [1.54, 1.807) is 7.11 Å². The third-order valence-corrected chi connectivity index (χ3v) is 6.33. The lowest BCUT2D eigenvalue weighted by Crippen LogP contribution is -2.49. The molecule has 2 fully saturated rings. The Hall–Kier alpha value is -0.250. The minimum absolute atomic E-state index is 0.150. The summed E-state index contributed by atoms with van der Waals surface area (Å²) in [6.07, 6.45) is 4.92. The van der Waals surface area contributed by atoms with Crippen LogP contribution in [0.2, 0.25) is 0 Å². The Kier molecular flexibility index (Phi) is 7.04. The molecule has 0 aliphatic carbocycles. The van der Waals surface area contributed by atoms with Crippen molar-refractivity contribution in [2.45, 2.75) is 44.2 Å². The number of likely N-dealkylation sites (tertiary alicyclic amines) is 1. The highest BCUT2D eigenvalue weighted by atomic mass is 32.2. The van der Waals surface area contributed by atoms with Crippen molar-refractivity contribution >= 4 is 10.2 Å². The number of ether oxygens (including phenoxy) is 1. The van der Waals surface area contributed by atoms with Gasteiger partial charge in [0.05, 0.1) is 12.7 Å². The van der Waals surface area contributed by atoms with Crippen molar-refractivity contribution in [2.75, 3.05) is 46.4 Å². The summed E-state index contributed by atoms with van der Waals surface area (Å²) in [6.45, 7) is 3.15. The highest BCUT2D eigenvalue weighted by Gasteiger charge is 2.28. The van der Waals surface area contributed by atoms with Crippen LogP contribution in [0.4, 0.5) is 0 Å². The van der Waals surface area contributed by atoms with Crippen LogP contribution in [0.5, 0.6) is 0 Å². The van der Waals surface area contributed by atoms with Crippen molar-refractivity contribution in [3.63, 3.8) is 0 Å². The lowest BCUT2D eigenvalue weighted by molar-refractivity contribution is 0.0601. The third kappa shape index (κ3) is 4.87. The van der Waals surface area contributed by atoms with Crippen molar-refractivity contribution in [3.05, 3.63) is 0 Å². The first-order valence-corrected chi connectivity index (χ1v) is 9.63. The molecule has 0 radical (unpaired) electrons. The first-order valence-electron chi connectivity index (χ1n) is 8.19. The summed E-state index contributed by atoms with van der Waals surface area (Å²) >= 11 is 0. The lowest BCUT2D eigenvalue weighted by atomic mass is 10.0. The number of hydrogen-bond acceptors (Lipinski definition) is 5. The molecule has 0 unspecified atom stereocenters. The van der Waals surface area contributed by atoms with Crippen LogP contribution in [0.3, 0.4) is 0 Å². The smallest absolute Gasteiger partial charge is 0.279 e. The number of methoxy groups -OCH3 is 1. The Morgan fingerprint density at radius 2 is 1.91 bits per heavy atom. The van der Waals surface area contributed by atoms with Crippen LogP contribution in [0.25, 0.3) is 0 Å². The van der Waals surface area contributed by atoms with Crippen LogP contribution in [-0.4, -0.2) is 81.3 Å². The second-order valence-corrected chi connectivity index (χ2v) is 7.86. The molecule has 1 atom stereocenters. The molecule has 0 aromatic rings. The molecule has 2 N–H and O–H groups in total. The van der Waals surface area contributed by atoms with E-state index in [-0.39, 0.29) is 18.8 Å². The van der Waals surface area contributed by atoms with Gasteiger partial charge in [0.15, 0.2) is 0 Å². The van der Waals surface area contributed by atoms with E-state index in [0.717, 1.165) is 38.6 Å². The number of rotatable bonds is 7. The monoisotopic (exact) mass is 335 g/mol. The van der Waals surface area contributed by atoms with Crippen LogP contribution in [-0.2, 0) is 14.9 Å². The van der Waals surface area contributed by atoms with Crippen LogP contribution >= 0.6 is 0 Å². The van der Waals surface area contributed by atoms with E-state index >= 15 is 0 Å². The molecule has 22 heavy (non-hydrogen) atoms. The summed E-state index contributed by atoms with van der Waals surface area (Å²) in [4.78, 5) is 2.18. The molecule has 2 aliphatic heterocycles. The Bertz CT molecular complexity index is 424. The van der Waals surface area contributed by atoms with Crippen molar-refractivity contribution < 1.29 is 18.3 Å². The summed E-state index contributed by atoms with van der Waals surface area (Å²) < 4.78 is 34.0. The normalized spacial score (nSPS) is 26.4. The largest absolute Gasteiger partial charge is 0.395 e. The first kappa shape index (κ1) is 18.1. The Morgan fingerprint density at radius 3 is 2.55 bits per heavy atom. The zero-order valence-electron chi connectivity index (χ0n) is 13.4. The molecule has 2 aliphatic rings. The fraction of sp³-hybridized carbons (Fsp3) is 1.00. The zero-order chi connectivity index (χ0) is 16.0. The van der Waals surface area contributed by atoms with E-state index in [0.29, 0.717) is 26.2 Å². The van der Waals surface area contributed by atoms with Gasteiger partial charge in [-0.1, -0.05) is 6.42 Å². The minimum Gasteiger partial charge on any atom is -0.395 e. The van der Waals surface area contributed by atoms with Gasteiger partial charge in [0.2, 0.25) is 0 Å². The van der Waals surface area contributed by atoms with Gasteiger partial charge in [-0.15, -0.1) is 0 Å². The van der Waals surface area contributed by atoms with Gasteiger partial charge in [0.1, 0.15) is 0 Å². The van der Waals surface area contributed by atoms with Crippen LogP contribution in [0, 0.1) is 0 Å². The summed E-state index contributed by atoms with van der Waals surface area (Å²) in [5.41, 5.74) is 0. The summed E-state index contributed by atoms with van der Waals surface area (Å²) in [5.74, 6) is 0. The van der Waals surface area contributed by atoms with E-state index in [9.17, 15) is 13.5 Å². The maximum atomic E-state index is 12.3. The Balaban J connectivity index is 1.75. The maximum Gasteiger partial charge on any atom is 0.279 e. The molecule has 0 saturated carbocycles. The summed E-state index contributed by atoms with van der Waals surface area (Å²) in [5, 5.41) is 9.37. The van der Waals surface area contributed by atoms with E-state index in [2.05, 4.69) is 9.62 Å². The average molecular weight is 335 g/mol. The number of nitrogens with zero attached hydrogens (tertiary/aromatic N) is 2. The molecule has 0 amide bonds. The van der Waals surface area contributed by atoms with Crippen LogP contribution in [0.15, 0.2) is 0 Å². The molecular weight excluding hydrogens is 306 g/mol.